The standard InChI is InChI=1S/C19H27N3O3S/c1-13-9-15-11-16(18(24)21-17(15)10-14(13)2)12-22(6-4-7-23)19(26)20-5-8-25-3/h9-11,23H,4-8,12H2,1-3H3,(H,20,26)(H,21,24). The summed E-state index contributed by atoms with van der Waals surface area (Å²) in [4.78, 5) is 17.4. The zero-order chi connectivity index (χ0) is 19.1. The summed E-state index contributed by atoms with van der Waals surface area (Å²) >= 11 is 5.44. The third kappa shape index (κ3) is 5.27. The Morgan fingerprint density at radius 3 is 2.73 bits per heavy atom. The molecule has 0 aliphatic rings. The minimum atomic E-state index is -0.116. The summed E-state index contributed by atoms with van der Waals surface area (Å²) in [6.07, 6.45) is 0.579. The summed E-state index contributed by atoms with van der Waals surface area (Å²) in [5.74, 6) is 0. The van der Waals surface area contributed by atoms with Gasteiger partial charge in [-0.25, -0.2) is 0 Å². The number of benzene rings is 1. The van der Waals surface area contributed by atoms with Crippen LogP contribution in [0.2, 0.25) is 0 Å². The molecule has 0 unspecified atom stereocenters. The van der Waals surface area contributed by atoms with Gasteiger partial charge in [0, 0.05) is 37.9 Å². The van der Waals surface area contributed by atoms with E-state index < -0.39 is 0 Å². The number of fused-ring (bicyclic) bond motifs is 1. The molecular formula is C19H27N3O3S. The average molecular weight is 378 g/mol. The number of hydrogen-bond acceptors (Lipinski definition) is 4. The van der Waals surface area contributed by atoms with Gasteiger partial charge >= 0.3 is 0 Å². The molecule has 142 valence electrons. The highest BCUT2D eigenvalue weighted by Crippen LogP contribution is 2.17. The lowest BCUT2D eigenvalue weighted by molar-refractivity contribution is 0.202. The predicted molar refractivity (Wildman–Crippen MR) is 109 cm³/mol. The van der Waals surface area contributed by atoms with Gasteiger partial charge in [0.05, 0.1) is 13.2 Å². The Morgan fingerprint density at radius 1 is 1.31 bits per heavy atom. The maximum atomic E-state index is 12.5. The lowest BCUT2D eigenvalue weighted by Gasteiger charge is -2.25. The Hall–Kier alpha value is -1.96. The fraction of sp³-hybridized carbons (Fsp3) is 0.474. The van der Waals surface area contributed by atoms with Crippen molar-refractivity contribution < 1.29 is 9.84 Å². The molecule has 0 fully saturated rings. The fourth-order valence-corrected chi connectivity index (χ4v) is 2.99. The molecule has 1 aromatic heterocycles. The van der Waals surface area contributed by atoms with Crippen molar-refractivity contribution in [3.8, 4) is 0 Å². The number of nitrogens with zero attached hydrogens (tertiary/aromatic N) is 1. The lowest BCUT2D eigenvalue weighted by atomic mass is 10.0. The Kier molecular flexibility index (Phi) is 7.56. The first-order valence-electron chi connectivity index (χ1n) is 8.72. The predicted octanol–water partition coefficient (Wildman–Crippen LogP) is 1.85. The number of ether oxygens (including phenoxy) is 1. The van der Waals surface area contributed by atoms with E-state index in [0.717, 1.165) is 16.5 Å². The topological polar surface area (TPSA) is 77.6 Å². The van der Waals surface area contributed by atoms with Crippen molar-refractivity contribution in [3.05, 3.63) is 45.2 Å². The first-order valence-corrected chi connectivity index (χ1v) is 9.12. The number of aryl methyl sites for hydroxylation is 2. The van der Waals surface area contributed by atoms with Gasteiger partial charge in [-0.1, -0.05) is 0 Å². The summed E-state index contributed by atoms with van der Waals surface area (Å²) in [5, 5.41) is 13.8. The van der Waals surface area contributed by atoms with E-state index in [2.05, 4.69) is 23.3 Å². The third-order valence-electron chi connectivity index (χ3n) is 4.35. The van der Waals surface area contributed by atoms with Crippen molar-refractivity contribution in [2.75, 3.05) is 33.4 Å². The van der Waals surface area contributed by atoms with Crippen LogP contribution < -0.4 is 10.9 Å². The zero-order valence-corrected chi connectivity index (χ0v) is 16.4. The number of pyridine rings is 1. The molecule has 0 saturated heterocycles. The molecule has 6 nitrogen and oxygen atoms in total. The number of aliphatic hydroxyl groups excluding tert-OH is 1. The maximum Gasteiger partial charge on any atom is 0.253 e. The van der Waals surface area contributed by atoms with E-state index >= 15 is 0 Å². The number of thiocarbonyl (C=S) groups is 1. The molecule has 1 heterocycles. The second kappa shape index (κ2) is 9.66. The molecule has 0 saturated carbocycles. The zero-order valence-electron chi connectivity index (χ0n) is 15.6. The molecular weight excluding hydrogens is 350 g/mol. The van der Waals surface area contributed by atoms with Crippen molar-refractivity contribution in [2.24, 2.45) is 0 Å². The van der Waals surface area contributed by atoms with Gasteiger partial charge < -0.3 is 25.0 Å². The van der Waals surface area contributed by atoms with E-state index in [-0.39, 0.29) is 12.2 Å². The largest absolute Gasteiger partial charge is 0.396 e. The molecule has 26 heavy (non-hydrogen) atoms. The highest BCUT2D eigenvalue weighted by molar-refractivity contribution is 7.80. The van der Waals surface area contributed by atoms with Crippen LogP contribution in [-0.4, -0.2) is 53.5 Å². The summed E-state index contributed by atoms with van der Waals surface area (Å²) in [5.41, 5.74) is 3.70. The average Bonchev–Trinajstić information content (AvgIpc) is 2.60. The number of rotatable bonds is 8. The van der Waals surface area contributed by atoms with Crippen molar-refractivity contribution in [1.29, 1.82) is 0 Å². The number of H-pyrrole nitrogens is 1. The molecule has 1 aromatic carbocycles. The van der Waals surface area contributed by atoms with Crippen LogP contribution >= 0.6 is 12.2 Å². The van der Waals surface area contributed by atoms with E-state index in [9.17, 15) is 4.79 Å². The second-order valence-electron chi connectivity index (χ2n) is 6.37. The maximum absolute atomic E-state index is 12.5. The van der Waals surface area contributed by atoms with E-state index in [0.29, 0.717) is 43.3 Å². The molecule has 3 N–H and O–H groups in total. The SMILES string of the molecule is COCCNC(=S)N(CCCO)Cc1cc2cc(C)c(C)cc2[nH]c1=O. The number of aromatic amines is 1. The van der Waals surface area contributed by atoms with Crippen LogP contribution in [0, 0.1) is 13.8 Å². The normalized spacial score (nSPS) is 10.9. The number of hydrogen-bond donors (Lipinski definition) is 3. The minimum absolute atomic E-state index is 0.0731. The van der Waals surface area contributed by atoms with Crippen LogP contribution in [0.3, 0.4) is 0 Å². The van der Waals surface area contributed by atoms with Gasteiger partial charge in [0.15, 0.2) is 5.11 Å². The first-order chi connectivity index (χ1) is 12.5. The highest BCUT2D eigenvalue weighted by Gasteiger charge is 2.13. The monoisotopic (exact) mass is 377 g/mol. The quantitative estimate of drug-likeness (QED) is 0.481. The third-order valence-corrected chi connectivity index (χ3v) is 4.75. The molecule has 0 atom stereocenters. The van der Waals surface area contributed by atoms with E-state index in [1.54, 1.807) is 7.11 Å². The Balaban J connectivity index is 2.25. The first kappa shape index (κ1) is 20.4. The van der Waals surface area contributed by atoms with Crippen LogP contribution in [0.5, 0.6) is 0 Å². The van der Waals surface area contributed by atoms with E-state index in [1.807, 2.05) is 24.0 Å². The van der Waals surface area contributed by atoms with Crippen molar-refractivity contribution in [3.63, 3.8) is 0 Å². The fourth-order valence-electron chi connectivity index (χ4n) is 2.73. The van der Waals surface area contributed by atoms with E-state index in [4.69, 9.17) is 22.1 Å². The minimum Gasteiger partial charge on any atom is -0.396 e. The molecule has 0 aliphatic heterocycles. The van der Waals surface area contributed by atoms with Gasteiger partial charge in [-0.2, -0.15) is 0 Å². The van der Waals surface area contributed by atoms with Crippen LogP contribution in [0.15, 0.2) is 23.0 Å². The van der Waals surface area contributed by atoms with Gasteiger partial charge in [-0.15, -0.1) is 0 Å². The van der Waals surface area contributed by atoms with Crippen molar-refractivity contribution in [1.82, 2.24) is 15.2 Å². The summed E-state index contributed by atoms with van der Waals surface area (Å²) in [6, 6.07) is 6.00. The molecule has 2 aromatic rings. The number of aliphatic hydroxyl groups is 1. The van der Waals surface area contributed by atoms with Crippen LogP contribution in [-0.2, 0) is 11.3 Å². The summed E-state index contributed by atoms with van der Waals surface area (Å²) in [6.45, 7) is 6.25. The van der Waals surface area contributed by atoms with Crippen molar-refractivity contribution >= 4 is 28.2 Å². The van der Waals surface area contributed by atoms with Crippen molar-refractivity contribution in [2.45, 2.75) is 26.8 Å². The summed E-state index contributed by atoms with van der Waals surface area (Å²) in [7, 11) is 1.63. The van der Waals surface area contributed by atoms with Gasteiger partial charge in [0.2, 0.25) is 0 Å². The van der Waals surface area contributed by atoms with E-state index in [1.165, 1.54) is 5.56 Å². The number of methoxy groups -OCH3 is 1. The molecule has 0 bridgehead atoms. The Labute approximate surface area is 159 Å². The smallest absolute Gasteiger partial charge is 0.253 e. The van der Waals surface area contributed by atoms with Gasteiger partial charge in [0.1, 0.15) is 0 Å². The Bertz CT molecular complexity index is 820. The molecule has 0 aliphatic carbocycles. The molecule has 2 rings (SSSR count). The lowest BCUT2D eigenvalue weighted by Crippen LogP contribution is -2.42. The number of nitrogens with one attached hydrogen (secondary N) is 2. The van der Waals surface area contributed by atoms with Crippen LogP contribution in [0.1, 0.15) is 23.1 Å². The highest BCUT2D eigenvalue weighted by atomic mass is 32.1. The number of aromatic nitrogens is 1. The molecule has 0 spiro atoms. The van der Waals surface area contributed by atoms with Gasteiger partial charge in [-0.05, 0) is 67.2 Å². The Morgan fingerprint density at radius 2 is 2.04 bits per heavy atom. The summed E-state index contributed by atoms with van der Waals surface area (Å²) < 4.78 is 5.02. The van der Waals surface area contributed by atoms with Crippen LogP contribution in [0.4, 0.5) is 0 Å². The van der Waals surface area contributed by atoms with Gasteiger partial charge in [-0.3, -0.25) is 4.79 Å². The molecule has 0 radical (unpaired) electrons. The second-order valence-corrected chi connectivity index (χ2v) is 6.76. The van der Waals surface area contributed by atoms with Crippen LogP contribution in [0.25, 0.3) is 10.9 Å². The molecule has 7 heteroatoms. The van der Waals surface area contributed by atoms with Gasteiger partial charge in [0.25, 0.3) is 5.56 Å². The molecule has 0 amide bonds.